The van der Waals surface area contributed by atoms with Gasteiger partial charge >= 0.3 is 0 Å². The van der Waals surface area contributed by atoms with Crippen LogP contribution in [0, 0.1) is 5.92 Å². The molecule has 4 heteroatoms. The molecule has 3 aliphatic rings. The Labute approximate surface area is 156 Å². The van der Waals surface area contributed by atoms with Gasteiger partial charge in [0.1, 0.15) is 5.76 Å². The van der Waals surface area contributed by atoms with Gasteiger partial charge in [-0.05, 0) is 31.4 Å². The normalized spacial score (nSPS) is 26.8. The van der Waals surface area contributed by atoms with E-state index in [4.69, 9.17) is 4.74 Å². The van der Waals surface area contributed by atoms with Crippen LogP contribution in [0.2, 0.25) is 0 Å². The fourth-order valence-corrected chi connectivity index (χ4v) is 5.84. The topological polar surface area (TPSA) is 43.4 Å². The van der Waals surface area contributed by atoms with E-state index in [2.05, 4.69) is 12.1 Å². The van der Waals surface area contributed by atoms with E-state index in [0.717, 1.165) is 36.1 Å². The first-order chi connectivity index (χ1) is 12.7. The van der Waals surface area contributed by atoms with E-state index in [9.17, 15) is 9.59 Å². The molecule has 0 spiro atoms. The van der Waals surface area contributed by atoms with E-state index in [1.54, 1.807) is 23.9 Å². The molecule has 1 heterocycles. The number of carbonyl (C=O) groups is 2. The Hall–Kier alpha value is -2.33. The van der Waals surface area contributed by atoms with Gasteiger partial charge in [0.15, 0.2) is 4.93 Å². The van der Waals surface area contributed by atoms with Crippen LogP contribution >= 0.6 is 11.8 Å². The zero-order valence-corrected chi connectivity index (χ0v) is 15.1. The number of thioether (sulfide) groups is 1. The van der Waals surface area contributed by atoms with Crippen molar-refractivity contribution in [1.82, 2.24) is 0 Å². The molecule has 1 saturated carbocycles. The number of rotatable bonds is 2. The lowest BCUT2D eigenvalue weighted by Crippen LogP contribution is -2.38. The fourth-order valence-electron chi connectivity index (χ4n) is 4.40. The molecule has 3 nitrogen and oxygen atoms in total. The van der Waals surface area contributed by atoms with Gasteiger partial charge in [-0.1, -0.05) is 60.6 Å². The van der Waals surface area contributed by atoms with E-state index < -0.39 is 10.7 Å². The third kappa shape index (κ3) is 2.21. The van der Waals surface area contributed by atoms with Crippen molar-refractivity contribution in [2.24, 2.45) is 5.92 Å². The van der Waals surface area contributed by atoms with Crippen LogP contribution in [0.5, 0.6) is 0 Å². The summed E-state index contributed by atoms with van der Waals surface area (Å²) in [4.78, 5) is 26.2. The second-order valence-corrected chi connectivity index (χ2v) is 8.44. The number of ketones is 2. The third-order valence-corrected chi connectivity index (χ3v) is 6.99. The number of carbonyl (C=O) groups excluding carboxylic acids is 2. The van der Waals surface area contributed by atoms with Gasteiger partial charge in [-0.2, -0.15) is 0 Å². The number of benzene rings is 2. The number of hydrogen-bond donors (Lipinski definition) is 0. The second kappa shape index (κ2) is 5.85. The van der Waals surface area contributed by atoms with Gasteiger partial charge < -0.3 is 4.74 Å². The molecule has 0 N–H and O–H groups in total. The standard InChI is InChI=1S/C22H18O3S/c23-19-15-10-4-5-11-16(15)21-18(20(19)24)17-12-6-7-13-22(17,25-21)26-14-8-2-1-3-9-14/h1-5,8-11,17H,6-7,12-13H2/t17-,22+/m1/s1. The van der Waals surface area contributed by atoms with Crippen molar-refractivity contribution in [3.63, 3.8) is 0 Å². The lowest BCUT2D eigenvalue weighted by atomic mass is 9.77. The van der Waals surface area contributed by atoms with E-state index in [1.807, 2.05) is 30.3 Å². The van der Waals surface area contributed by atoms with Crippen LogP contribution in [0.3, 0.4) is 0 Å². The van der Waals surface area contributed by atoms with E-state index in [-0.39, 0.29) is 11.7 Å². The summed E-state index contributed by atoms with van der Waals surface area (Å²) in [7, 11) is 0. The van der Waals surface area contributed by atoms with Crippen LogP contribution < -0.4 is 0 Å². The Kier molecular flexibility index (Phi) is 3.57. The van der Waals surface area contributed by atoms with Gasteiger partial charge in [0.25, 0.3) is 0 Å². The monoisotopic (exact) mass is 362 g/mol. The Morgan fingerprint density at radius 1 is 0.885 bits per heavy atom. The summed E-state index contributed by atoms with van der Waals surface area (Å²) in [5, 5.41) is 0. The van der Waals surface area contributed by atoms with Crippen LogP contribution in [0.15, 0.2) is 65.1 Å². The molecule has 2 aliphatic carbocycles. The zero-order valence-electron chi connectivity index (χ0n) is 14.2. The highest BCUT2D eigenvalue weighted by atomic mass is 32.2. The Bertz CT molecular complexity index is 947. The quantitative estimate of drug-likeness (QED) is 0.715. The van der Waals surface area contributed by atoms with Crippen molar-refractivity contribution in [2.75, 3.05) is 0 Å². The molecule has 1 aliphatic heterocycles. The minimum Gasteiger partial charge on any atom is -0.475 e. The molecule has 0 amide bonds. The van der Waals surface area contributed by atoms with Crippen molar-refractivity contribution in [2.45, 2.75) is 35.5 Å². The molecule has 26 heavy (non-hydrogen) atoms. The Morgan fingerprint density at radius 2 is 1.62 bits per heavy atom. The van der Waals surface area contributed by atoms with Crippen LogP contribution in [-0.2, 0) is 9.53 Å². The molecular weight excluding hydrogens is 344 g/mol. The summed E-state index contributed by atoms with van der Waals surface area (Å²) >= 11 is 1.70. The maximum Gasteiger partial charge on any atom is 0.234 e. The summed E-state index contributed by atoms with van der Waals surface area (Å²) in [5.74, 6) is -0.156. The molecule has 2 aromatic carbocycles. The molecule has 2 atom stereocenters. The van der Waals surface area contributed by atoms with Gasteiger partial charge in [0, 0.05) is 21.9 Å². The lowest BCUT2D eigenvalue weighted by molar-refractivity contribution is -0.112. The van der Waals surface area contributed by atoms with Gasteiger partial charge in [0.05, 0.1) is 5.57 Å². The molecule has 0 unspecified atom stereocenters. The molecule has 130 valence electrons. The van der Waals surface area contributed by atoms with Gasteiger partial charge in [-0.15, -0.1) is 0 Å². The van der Waals surface area contributed by atoms with Crippen molar-refractivity contribution in [3.8, 4) is 0 Å². The summed E-state index contributed by atoms with van der Waals surface area (Å²) in [6, 6.07) is 17.5. The predicted octanol–water partition coefficient (Wildman–Crippen LogP) is 4.87. The zero-order chi connectivity index (χ0) is 17.7. The van der Waals surface area contributed by atoms with E-state index in [1.165, 1.54) is 0 Å². The van der Waals surface area contributed by atoms with Crippen molar-refractivity contribution in [3.05, 3.63) is 71.3 Å². The van der Waals surface area contributed by atoms with Gasteiger partial charge in [0.2, 0.25) is 11.6 Å². The first kappa shape index (κ1) is 15.9. The van der Waals surface area contributed by atoms with E-state index in [0.29, 0.717) is 16.9 Å². The molecular formula is C22H18O3S. The summed E-state index contributed by atoms with van der Waals surface area (Å²) < 4.78 is 6.58. The maximum atomic E-state index is 12.9. The number of ether oxygens (including phenoxy) is 1. The van der Waals surface area contributed by atoms with Crippen molar-refractivity contribution >= 4 is 29.1 Å². The highest BCUT2D eigenvalue weighted by Crippen LogP contribution is 2.59. The second-order valence-electron chi connectivity index (χ2n) is 7.07. The van der Waals surface area contributed by atoms with Crippen molar-refractivity contribution in [1.29, 1.82) is 0 Å². The van der Waals surface area contributed by atoms with Gasteiger partial charge in [-0.25, -0.2) is 0 Å². The molecule has 0 aromatic heterocycles. The summed E-state index contributed by atoms with van der Waals surface area (Å²) in [5.41, 5.74) is 1.85. The number of Topliss-reactive ketones (excluding diaryl/α,β-unsaturated/α-hetero) is 2. The van der Waals surface area contributed by atoms with Crippen LogP contribution in [0.1, 0.15) is 41.6 Å². The first-order valence-electron chi connectivity index (χ1n) is 9.05. The SMILES string of the molecule is O=C1C(=O)c2ccccc2C2=C1[C@H]1CCCC[C@@]1(Sc1ccccc1)O2. The summed E-state index contributed by atoms with van der Waals surface area (Å²) in [6.45, 7) is 0. The Morgan fingerprint density at radius 3 is 2.42 bits per heavy atom. The lowest BCUT2D eigenvalue weighted by Gasteiger charge is -2.38. The predicted molar refractivity (Wildman–Crippen MR) is 101 cm³/mol. The van der Waals surface area contributed by atoms with Gasteiger partial charge in [-0.3, -0.25) is 9.59 Å². The maximum absolute atomic E-state index is 12.9. The summed E-state index contributed by atoms with van der Waals surface area (Å²) in [6.07, 6.45) is 3.90. The first-order valence-corrected chi connectivity index (χ1v) is 9.87. The van der Waals surface area contributed by atoms with Crippen molar-refractivity contribution < 1.29 is 14.3 Å². The smallest absolute Gasteiger partial charge is 0.234 e. The highest BCUT2D eigenvalue weighted by Gasteiger charge is 2.56. The molecule has 5 rings (SSSR count). The fraction of sp³-hybridized carbons (Fsp3) is 0.273. The highest BCUT2D eigenvalue weighted by molar-refractivity contribution is 8.00. The van der Waals surface area contributed by atoms with Crippen LogP contribution in [0.25, 0.3) is 5.76 Å². The number of fused-ring (bicyclic) bond motifs is 4. The molecule has 0 saturated heterocycles. The molecule has 1 fully saturated rings. The number of hydrogen-bond acceptors (Lipinski definition) is 4. The average molecular weight is 362 g/mol. The largest absolute Gasteiger partial charge is 0.475 e. The average Bonchev–Trinajstić information content (AvgIpc) is 3.02. The van der Waals surface area contributed by atoms with E-state index >= 15 is 0 Å². The Balaban J connectivity index is 1.63. The minimum atomic E-state index is -0.488. The molecule has 0 radical (unpaired) electrons. The van der Waals surface area contributed by atoms with Crippen LogP contribution in [0.4, 0.5) is 0 Å². The third-order valence-electron chi connectivity index (χ3n) is 5.57. The minimum absolute atomic E-state index is 0.0266. The van der Waals surface area contributed by atoms with Crippen LogP contribution in [-0.4, -0.2) is 16.5 Å². The molecule has 0 bridgehead atoms. The molecule has 2 aromatic rings.